The van der Waals surface area contributed by atoms with Gasteiger partial charge in [0.1, 0.15) is 5.75 Å². The summed E-state index contributed by atoms with van der Waals surface area (Å²) in [5, 5.41) is 11.3. The number of hydrogen-bond donors (Lipinski definition) is 1. The van der Waals surface area contributed by atoms with Gasteiger partial charge in [0.15, 0.2) is 0 Å². The maximum absolute atomic E-state index is 9.69. The Labute approximate surface area is 94.0 Å². The highest BCUT2D eigenvalue weighted by Crippen LogP contribution is 2.28. The van der Waals surface area contributed by atoms with Crippen LogP contribution >= 0.6 is 12.2 Å². The average molecular weight is 214 g/mol. The Morgan fingerprint density at radius 1 is 1.00 bits per heavy atom. The molecule has 0 spiro atoms. The first-order valence-corrected chi connectivity index (χ1v) is 5.12. The molecule has 0 aromatic heterocycles. The van der Waals surface area contributed by atoms with Gasteiger partial charge in [-0.1, -0.05) is 48.6 Å². The van der Waals surface area contributed by atoms with E-state index in [4.69, 9.17) is 12.2 Å². The predicted octanol–water partition coefficient (Wildman–Crippen LogP) is 3.41. The Hall–Kier alpha value is -1.67. The lowest BCUT2D eigenvalue weighted by Gasteiger charge is -2.04. The molecule has 0 saturated carbocycles. The number of phenolic OH excluding ortho intramolecular Hbond substituents is 1. The molecule has 0 amide bonds. The number of phenols is 1. The lowest BCUT2D eigenvalue weighted by atomic mass is 10.0. The molecule has 0 aliphatic heterocycles. The highest BCUT2D eigenvalue weighted by molar-refractivity contribution is 7.79. The third kappa shape index (κ3) is 2.05. The quantitative estimate of drug-likeness (QED) is 0.773. The minimum absolute atomic E-state index is 0.291. The van der Waals surface area contributed by atoms with Crippen molar-refractivity contribution in [1.29, 1.82) is 0 Å². The van der Waals surface area contributed by atoms with E-state index >= 15 is 0 Å². The minimum atomic E-state index is 0.291. The zero-order chi connectivity index (χ0) is 10.7. The topological polar surface area (TPSA) is 20.2 Å². The molecule has 1 N–H and O–H groups in total. The summed E-state index contributed by atoms with van der Waals surface area (Å²) in [4.78, 5) is 0. The first-order chi connectivity index (χ1) is 7.31. The average Bonchev–Trinajstić information content (AvgIpc) is 2.30. The van der Waals surface area contributed by atoms with Gasteiger partial charge in [0.25, 0.3) is 0 Å². The maximum Gasteiger partial charge on any atom is 0.123 e. The zero-order valence-electron chi connectivity index (χ0n) is 8.05. The summed E-state index contributed by atoms with van der Waals surface area (Å²) in [5.74, 6) is 0.291. The van der Waals surface area contributed by atoms with Gasteiger partial charge in [-0.15, -0.1) is 0 Å². The molecule has 0 heterocycles. The second kappa shape index (κ2) is 4.24. The van der Waals surface area contributed by atoms with Crippen molar-refractivity contribution in [3.8, 4) is 16.9 Å². The van der Waals surface area contributed by atoms with E-state index in [-0.39, 0.29) is 0 Å². The number of rotatable bonds is 2. The van der Waals surface area contributed by atoms with Crippen LogP contribution in [0.15, 0.2) is 48.5 Å². The molecule has 0 aliphatic rings. The molecule has 0 radical (unpaired) electrons. The molecule has 0 atom stereocenters. The molecule has 2 heteroatoms. The molecule has 2 aromatic carbocycles. The molecule has 0 aliphatic carbocycles. The first-order valence-electron chi connectivity index (χ1n) is 4.65. The van der Waals surface area contributed by atoms with Gasteiger partial charge in [-0.3, -0.25) is 0 Å². The van der Waals surface area contributed by atoms with Crippen molar-refractivity contribution in [3.05, 3.63) is 54.1 Å². The fourth-order valence-corrected chi connectivity index (χ4v) is 1.64. The van der Waals surface area contributed by atoms with Crippen LogP contribution in [0.4, 0.5) is 0 Å². The number of para-hydroxylation sites is 1. The van der Waals surface area contributed by atoms with E-state index in [1.165, 1.54) is 0 Å². The van der Waals surface area contributed by atoms with Gasteiger partial charge >= 0.3 is 0 Å². The Morgan fingerprint density at radius 2 is 1.80 bits per heavy atom. The summed E-state index contributed by atoms with van der Waals surface area (Å²) in [6.07, 6.45) is 0. The van der Waals surface area contributed by atoms with Crippen LogP contribution in [0.2, 0.25) is 0 Å². The van der Waals surface area contributed by atoms with Crippen LogP contribution in [0.1, 0.15) is 5.56 Å². The summed E-state index contributed by atoms with van der Waals surface area (Å²) in [6.45, 7) is 0. The van der Waals surface area contributed by atoms with Gasteiger partial charge in [0.05, 0.1) is 0 Å². The summed E-state index contributed by atoms with van der Waals surface area (Å²) in [5.41, 5.74) is 2.79. The molecule has 0 bridgehead atoms. The number of benzene rings is 2. The van der Waals surface area contributed by atoms with Crippen LogP contribution in [0.25, 0.3) is 11.1 Å². The van der Waals surface area contributed by atoms with Crippen molar-refractivity contribution in [2.45, 2.75) is 0 Å². The van der Waals surface area contributed by atoms with Crippen molar-refractivity contribution < 1.29 is 5.11 Å². The van der Waals surface area contributed by atoms with Gasteiger partial charge in [-0.25, -0.2) is 0 Å². The molecular formula is C13H10OS. The second-order valence-corrected chi connectivity index (χ2v) is 3.50. The summed E-state index contributed by atoms with van der Waals surface area (Å²) >= 11 is 4.87. The van der Waals surface area contributed by atoms with E-state index in [1.807, 2.05) is 42.5 Å². The van der Waals surface area contributed by atoms with Gasteiger partial charge in [-0.2, -0.15) is 0 Å². The fraction of sp³-hybridized carbons (Fsp3) is 0. The van der Waals surface area contributed by atoms with Crippen LogP contribution in [0.5, 0.6) is 5.75 Å². The van der Waals surface area contributed by atoms with E-state index in [0.29, 0.717) is 5.75 Å². The Morgan fingerprint density at radius 3 is 2.53 bits per heavy atom. The van der Waals surface area contributed by atoms with Crippen molar-refractivity contribution in [3.63, 3.8) is 0 Å². The van der Waals surface area contributed by atoms with Crippen molar-refractivity contribution in [2.75, 3.05) is 0 Å². The van der Waals surface area contributed by atoms with E-state index in [1.54, 1.807) is 11.4 Å². The summed E-state index contributed by atoms with van der Waals surface area (Å²) in [6, 6.07) is 15.1. The minimum Gasteiger partial charge on any atom is -0.507 e. The van der Waals surface area contributed by atoms with E-state index in [0.717, 1.165) is 16.7 Å². The molecule has 0 fully saturated rings. The molecule has 1 nitrogen and oxygen atoms in total. The van der Waals surface area contributed by atoms with Crippen LogP contribution < -0.4 is 0 Å². The van der Waals surface area contributed by atoms with E-state index < -0.39 is 0 Å². The van der Waals surface area contributed by atoms with Gasteiger partial charge in [-0.05, 0) is 23.3 Å². The van der Waals surface area contributed by atoms with Crippen molar-refractivity contribution in [1.82, 2.24) is 0 Å². The molecule has 0 unspecified atom stereocenters. The monoisotopic (exact) mass is 214 g/mol. The van der Waals surface area contributed by atoms with Crippen LogP contribution in [-0.2, 0) is 0 Å². The Kier molecular flexibility index (Phi) is 2.79. The van der Waals surface area contributed by atoms with Gasteiger partial charge in [0, 0.05) is 10.9 Å². The van der Waals surface area contributed by atoms with Crippen molar-refractivity contribution in [2.24, 2.45) is 0 Å². The highest BCUT2D eigenvalue weighted by Gasteiger charge is 2.02. The molecule has 0 saturated heterocycles. The van der Waals surface area contributed by atoms with E-state index in [9.17, 15) is 5.11 Å². The third-order valence-electron chi connectivity index (χ3n) is 2.24. The normalized spacial score (nSPS) is 9.87. The van der Waals surface area contributed by atoms with Crippen LogP contribution in [-0.4, -0.2) is 10.5 Å². The zero-order valence-corrected chi connectivity index (χ0v) is 8.87. The molecule has 74 valence electrons. The Balaban J connectivity index is 2.54. The largest absolute Gasteiger partial charge is 0.507 e. The first kappa shape index (κ1) is 9.87. The predicted molar refractivity (Wildman–Crippen MR) is 66.3 cm³/mol. The molecular weight excluding hydrogens is 204 g/mol. The Bertz CT molecular complexity index is 491. The molecule has 15 heavy (non-hydrogen) atoms. The van der Waals surface area contributed by atoms with Crippen molar-refractivity contribution >= 4 is 17.6 Å². The van der Waals surface area contributed by atoms with Gasteiger partial charge < -0.3 is 5.11 Å². The SMILES string of the molecule is Oc1ccccc1-c1cccc(C=S)c1. The lowest BCUT2D eigenvalue weighted by molar-refractivity contribution is 0.477. The van der Waals surface area contributed by atoms with Crippen LogP contribution in [0.3, 0.4) is 0 Å². The second-order valence-electron chi connectivity index (χ2n) is 3.26. The smallest absolute Gasteiger partial charge is 0.123 e. The van der Waals surface area contributed by atoms with E-state index in [2.05, 4.69) is 0 Å². The molecule has 2 rings (SSSR count). The number of thiocarbonyl (C=S) groups is 1. The molecule has 2 aromatic rings. The maximum atomic E-state index is 9.69. The summed E-state index contributed by atoms with van der Waals surface area (Å²) in [7, 11) is 0. The van der Waals surface area contributed by atoms with Crippen LogP contribution in [0, 0.1) is 0 Å². The number of hydrogen-bond acceptors (Lipinski definition) is 2. The standard InChI is InChI=1S/C13H10OS/c14-13-7-2-1-6-12(13)11-5-3-4-10(8-11)9-15/h1-9,14H. The van der Waals surface area contributed by atoms with Gasteiger partial charge in [0.2, 0.25) is 0 Å². The third-order valence-corrected chi connectivity index (χ3v) is 2.51. The number of aromatic hydroxyl groups is 1. The summed E-state index contributed by atoms with van der Waals surface area (Å²) < 4.78 is 0. The fourth-order valence-electron chi connectivity index (χ4n) is 1.50. The highest BCUT2D eigenvalue weighted by atomic mass is 32.1. The lowest BCUT2D eigenvalue weighted by Crippen LogP contribution is -1.82.